The summed E-state index contributed by atoms with van der Waals surface area (Å²) >= 11 is 0. The van der Waals surface area contributed by atoms with Crippen LogP contribution in [0.4, 0.5) is 0 Å². The number of hydrogen-bond donors (Lipinski definition) is 3. The van der Waals surface area contributed by atoms with Gasteiger partial charge in [0.25, 0.3) is 0 Å². The first-order valence-electron chi connectivity index (χ1n) is 5.66. The normalized spacial score (nSPS) is 14.2. The van der Waals surface area contributed by atoms with Crippen LogP contribution in [-0.4, -0.2) is 43.0 Å². The summed E-state index contributed by atoms with van der Waals surface area (Å²) in [5.41, 5.74) is 0. The molecule has 2 atom stereocenters. The highest BCUT2D eigenvalue weighted by Crippen LogP contribution is 2.03. The summed E-state index contributed by atoms with van der Waals surface area (Å²) < 4.78 is 0. The van der Waals surface area contributed by atoms with Crippen LogP contribution >= 0.6 is 0 Å². The predicted molar refractivity (Wildman–Crippen MR) is 62.1 cm³/mol. The van der Waals surface area contributed by atoms with Crippen molar-refractivity contribution in [3.63, 3.8) is 0 Å². The standard InChI is InChI=1S/C11H22N2O3/c1-9(7-14)13-11(16)6-4-3-5-10(8-15)12-2/h7,9-10,12,15H,3-6,8H2,1-2H3,(H,13,16)/t9?,10-/m0/s1. The molecule has 0 heterocycles. The zero-order chi connectivity index (χ0) is 12.4. The molecule has 0 aromatic heterocycles. The van der Waals surface area contributed by atoms with Gasteiger partial charge in [-0.15, -0.1) is 0 Å². The van der Waals surface area contributed by atoms with Crippen LogP contribution in [0, 0.1) is 0 Å². The Hall–Kier alpha value is -0.940. The topological polar surface area (TPSA) is 78.4 Å². The minimum atomic E-state index is -0.407. The Balaban J connectivity index is 3.51. The third-order valence-electron chi connectivity index (χ3n) is 2.43. The average Bonchev–Trinajstić information content (AvgIpc) is 2.29. The molecule has 0 spiro atoms. The lowest BCUT2D eigenvalue weighted by Crippen LogP contribution is -2.33. The molecule has 0 aliphatic heterocycles. The molecule has 0 aromatic carbocycles. The van der Waals surface area contributed by atoms with Gasteiger partial charge in [-0.1, -0.05) is 6.42 Å². The highest BCUT2D eigenvalue weighted by molar-refractivity contribution is 5.79. The molecule has 5 heteroatoms. The monoisotopic (exact) mass is 230 g/mol. The van der Waals surface area contributed by atoms with E-state index < -0.39 is 6.04 Å². The first-order chi connectivity index (χ1) is 7.63. The van der Waals surface area contributed by atoms with Crippen LogP contribution in [0.3, 0.4) is 0 Å². The van der Waals surface area contributed by atoms with Gasteiger partial charge in [-0.05, 0) is 26.8 Å². The third kappa shape index (κ3) is 7.36. The average molecular weight is 230 g/mol. The van der Waals surface area contributed by atoms with Crippen LogP contribution in [0.5, 0.6) is 0 Å². The van der Waals surface area contributed by atoms with Gasteiger partial charge in [-0.3, -0.25) is 4.79 Å². The van der Waals surface area contributed by atoms with Gasteiger partial charge in [0.15, 0.2) is 0 Å². The molecule has 0 rings (SSSR count). The number of nitrogens with one attached hydrogen (secondary N) is 2. The van der Waals surface area contributed by atoms with Crippen LogP contribution in [0.15, 0.2) is 0 Å². The summed E-state index contributed by atoms with van der Waals surface area (Å²) in [4.78, 5) is 21.5. The van der Waals surface area contributed by atoms with Crippen LogP contribution < -0.4 is 10.6 Å². The highest BCUT2D eigenvalue weighted by atomic mass is 16.3. The minimum absolute atomic E-state index is 0.0930. The fourth-order valence-electron chi connectivity index (χ4n) is 1.36. The summed E-state index contributed by atoms with van der Waals surface area (Å²) in [5, 5.41) is 14.5. The van der Waals surface area contributed by atoms with Gasteiger partial charge >= 0.3 is 0 Å². The van der Waals surface area contributed by atoms with E-state index in [0.717, 1.165) is 19.3 Å². The van der Waals surface area contributed by atoms with Gasteiger partial charge in [0.1, 0.15) is 6.29 Å². The minimum Gasteiger partial charge on any atom is -0.395 e. The van der Waals surface area contributed by atoms with Crippen LogP contribution in [0.25, 0.3) is 0 Å². The summed E-state index contributed by atoms with van der Waals surface area (Å²) in [6.07, 6.45) is 3.65. The zero-order valence-corrected chi connectivity index (χ0v) is 10.0. The van der Waals surface area contributed by atoms with Gasteiger partial charge < -0.3 is 20.5 Å². The van der Waals surface area contributed by atoms with Gasteiger partial charge in [-0.2, -0.15) is 0 Å². The Morgan fingerprint density at radius 3 is 2.62 bits per heavy atom. The SMILES string of the molecule is CN[C@H](CO)CCCCC(=O)NC(C)C=O. The zero-order valence-electron chi connectivity index (χ0n) is 10.0. The number of amides is 1. The Morgan fingerprint density at radius 2 is 2.12 bits per heavy atom. The summed E-state index contributed by atoms with van der Waals surface area (Å²) in [7, 11) is 1.80. The van der Waals surface area contributed by atoms with Crippen molar-refractivity contribution >= 4 is 12.2 Å². The Labute approximate surface area is 96.6 Å². The molecule has 0 saturated heterocycles. The first-order valence-corrected chi connectivity index (χ1v) is 5.66. The Kier molecular flexibility index (Phi) is 8.75. The lowest BCUT2D eigenvalue weighted by Gasteiger charge is -2.12. The molecule has 0 aromatic rings. The largest absolute Gasteiger partial charge is 0.395 e. The number of unbranched alkanes of at least 4 members (excludes halogenated alkanes) is 1. The van der Waals surface area contributed by atoms with Crippen molar-refractivity contribution in [1.82, 2.24) is 10.6 Å². The maximum absolute atomic E-state index is 11.3. The van der Waals surface area contributed by atoms with Crippen LogP contribution in [0.1, 0.15) is 32.6 Å². The second-order valence-electron chi connectivity index (χ2n) is 3.91. The maximum atomic E-state index is 11.3. The number of rotatable bonds is 9. The first kappa shape index (κ1) is 15.1. The fourth-order valence-corrected chi connectivity index (χ4v) is 1.36. The molecule has 1 unspecified atom stereocenters. The van der Waals surface area contributed by atoms with E-state index in [4.69, 9.17) is 5.11 Å². The van der Waals surface area contributed by atoms with E-state index in [-0.39, 0.29) is 18.6 Å². The molecule has 16 heavy (non-hydrogen) atoms. The molecule has 0 bridgehead atoms. The number of aliphatic hydroxyl groups excluding tert-OH is 1. The van der Waals surface area contributed by atoms with E-state index >= 15 is 0 Å². The van der Waals surface area contributed by atoms with E-state index in [1.54, 1.807) is 14.0 Å². The molecule has 3 N–H and O–H groups in total. The number of carbonyl (C=O) groups excluding carboxylic acids is 2. The molecule has 0 saturated carbocycles. The number of aliphatic hydroxyl groups is 1. The number of carbonyl (C=O) groups is 2. The molecule has 0 aliphatic carbocycles. The lowest BCUT2D eigenvalue weighted by molar-refractivity contribution is -0.123. The molecular formula is C11H22N2O3. The van der Waals surface area contributed by atoms with E-state index in [0.29, 0.717) is 12.7 Å². The Bertz CT molecular complexity index is 205. The van der Waals surface area contributed by atoms with Crippen molar-refractivity contribution in [3.05, 3.63) is 0 Å². The van der Waals surface area contributed by atoms with E-state index in [2.05, 4.69) is 10.6 Å². The molecule has 0 radical (unpaired) electrons. The maximum Gasteiger partial charge on any atom is 0.220 e. The highest BCUT2D eigenvalue weighted by Gasteiger charge is 2.07. The van der Waals surface area contributed by atoms with Crippen molar-refractivity contribution < 1.29 is 14.7 Å². The quantitative estimate of drug-likeness (QED) is 0.379. The molecule has 0 fully saturated rings. The molecular weight excluding hydrogens is 208 g/mol. The number of aldehydes is 1. The third-order valence-corrected chi connectivity index (χ3v) is 2.43. The van der Waals surface area contributed by atoms with Crippen molar-refractivity contribution in [3.8, 4) is 0 Å². The second kappa shape index (κ2) is 9.30. The van der Waals surface area contributed by atoms with E-state index in [1.807, 2.05) is 0 Å². The van der Waals surface area contributed by atoms with Crippen molar-refractivity contribution in [2.75, 3.05) is 13.7 Å². The van der Waals surface area contributed by atoms with Crippen molar-refractivity contribution in [1.29, 1.82) is 0 Å². The smallest absolute Gasteiger partial charge is 0.220 e. The van der Waals surface area contributed by atoms with Crippen molar-refractivity contribution in [2.24, 2.45) is 0 Å². The van der Waals surface area contributed by atoms with Gasteiger partial charge in [0.05, 0.1) is 12.6 Å². The summed E-state index contributed by atoms with van der Waals surface area (Å²) in [5.74, 6) is -0.0930. The fraction of sp³-hybridized carbons (Fsp3) is 0.818. The van der Waals surface area contributed by atoms with Crippen LogP contribution in [0.2, 0.25) is 0 Å². The van der Waals surface area contributed by atoms with E-state index in [9.17, 15) is 9.59 Å². The molecule has 94 valence electrons. The number of likely N-dealkylation sites (N-methyl/N-ethyl adjacent to an activating group) is 1. The molecule has 5 nitrogen and oxygen atoms in total. The van der Waals surface area contributed by atoms with Gasteiger partial charge in [-0.25, -0.2) is 0 Å². The second-order valence-corrected chi connectivity index (χ2v) is 3.91. The van der Waals surface area contributed by atoms with E-state index in [1.165, 1.54) is 0 Å². The summed E-state index contributed by atoms with van der Waals surface area (Å²) in [6, 6.07) is -0.299. The summed E-state index contributed by atoms with van der Waals surface area (Å²) in [6.45, 7) is 1.76. The Morgan fingerprint density at radius 1 is 1.44 bits per heavy atom. The van der Waals surface area contributed by atoms with Crippen LogP contribution in [-0.2, 0) is 9.59 Å². The predicted octanol–water partition coefficient (Wildman–Crippen LogP) is -0.169. The lowest BCUT2D eigenvalue weighted by atomic mass is 10.1. The van der Waals surface area contributed by atoms with Gasteiger partial charge in [0.2, 0.25) is 5.91 Å². The van der Waals surface area contributed by atoms with Crippen molar-refractivity contribution in [2.45, 2.75) is 44.7 Å². The molecule has 1 amide bonds. The number of hydrogen-bond acceptors (Lipinski definition) is 4. The van der Waals surface area contributed by atoms with Gasteiger partial charge in [0, 0.05) is 12.5 Å². The molecule has 0 aliphatic rings.